The van der Waals surface area contributed by atoms with Crippen LogP contribution in [0.25, 0.3) is 0 Å². The lowest BCUT2D eigenvalue weighted by Crippen LogP contribution is -1.86. The summed E-state index contributed by atoms with van der Waals surface area (Å²) in [7, 11) is 0. The molecule has 6 nitrogen and oxygen atoms in total. The highest BCUT2D eigenvalue weighted by Crippen LogP contribution is 2.16. The Morgan fingerprint density at radius 3 is 1.71 bits per heavy atom. The van der Waals surface area contributed by atoms with Crippen molar-refractivity contribution in [3.05, 3.63) is 48.5 Å². The third-order valence-electron chi connectivity index (χ3n) is 2.11. The number of nitrogens with zero attached hydrogens (tertiary/aromatic N) is 2. The van der Waals surface area contributed by atoms with Crippen LogP contribution in [0.5, 0.6) is 5.75 Å². The number of nitrogens with two attached hydrogens (primary N) is 2. The molecule has 0 unspecified atom stereocenters. The Hall–Kier alpha value is -2.42. The van der Waals surface area contributed by atoms with Crippen molar-refractivity contribution in [1.82, 2.24) is 0 Å². The van der Waals surface area contributed by atoms with Crippen LogP contribution in [-0.2, 0) is 4.79 Å². The lowest BCUT2D eigenvalue weighted by molar-refractivity contribution is 0.507. The summed E-state index contributed by atoms with van der Waals surface area (Å²) in [6.45, 7) is 0. The minimum atomic E-state index is -0.750. The Morgan fingerprint density at radius 1 is 0.958 bits per heavy atom. The number of nitriles is 1. The van der Waals surface area contributed by atoms with Gasteiger partial charge in [0.15, 0.2) is 4.30 Å². The molecular weight excluding hydrogens is 375 g/mol. The predicted octanol–water partition coefficient (Wildman–Crippen LogP) is 4.35. The van der Waals surface area contributed by atoms with Gasteiger partial charge in [-0.05, 0) is 48.5 Å². The van der Waals surface area contributed by atoms with Crippen molar-refractivity contribution in [3.8, 4) is 12.0 Å². The first-order chi connectivity index (χ1) is 11.4. The Morgan fingerprint density at radius 2 is 1.38 bits per heavy atom. The fourth-order valence-electron chi connectivity index (χ4n) is 1.19. The Balaban J connectivity index is 0.000000379. The Kier molecular flexibility index (Phi) is 11.7. The standard InChI is InChI=1S/C8H4N2O2.C6H8N2.CHCl3/c9-5-12-8-3-1-7(2-4-8)10-6-11;7-5-1-2-6(8)4-3-5;2-1(3)4/h1-4H;1-4H,7-8H2;1H. The van der Waals surface area contributed by atoms with Crippen LogP contribution in [0.15, 0.2) is 53.5 Å². The van der Waals surface area contributed by atoms with Gasteiger partial charge in [-0.1, -0.05) is 34.8 Å². The van der Waals surface area contributed by atoms with Gasteiger partial charge < -0.3 is 16.2 Å². The summed E-state index contributed by atoms with van der Waals surface area (Å²) in [4.78, 5) is 13.2. The molecule has 9 heteroatoms. The average Bonchev–Trinajstić information content (AvgIpc) is 2.53. The number of carbonyl (C=O) groups excluding carboxylic acids is 1. The summed E-state index contributed by atoms with van der Waals surface area (Å²) in [5.74, 6) is 0.419. The SMILES string of the molecule is ClC(Cl)Cl.N#COc1ccc(N=C=O)cc1.Nc1ccc(N)cc1. The van der Waals surface area contributed by atoms with Gasteiger partial charge in [0, 0.05) is 11.4 Å². The monoisotopic (exact) mass is 386 g/mol. The van der Waals surface area contributed by atoms with Crippen molar-refractivity contribution in [2.24, 2.45) is 4.99 Å². The number of hydrogen-bond acceptors (Lipinski definition) is 6. The van der Waals surface area contributed by atoms with Crippen molar-refractivity contribution in [2.75, 3.05) is 11.5 Å². The van der Waals surface area contributed by atoms with Crippen molar-refractivity contribution in [1.29, 1.82) is 5.26 Å². The molecule has 0 aliphatic heterocycles. The number of benzene rings is 2. The molecule has 0 spiro atoms. The summed E-state index contributed by atoms with van der Waals surface area (Å²) < 4.78 is 3.75. The van der Waals surface area contributed by atoms with Gasteiger partial charge in [0.05, 0.1) is 5.69 Å². The largest absolute Gasteiger partial charge is 0.399 e. The first kappa shape index (κ1) is 21.6. The number of rotatable bonds is 2. The molecule has 4 N–H and O–H groups in total. The fourth-order valence-corrected chi connectivity index (χ4v) is 1.19. The molecule has 0 fully saturated rings. The van der Waals surface area contributed by atoms with Gasteiger partial charge in [-0.2, -0.15) is 4.99 Å². The first-order valence-electron chi connectivity index (χ1n) is 6.16. The molecule has 0 amide bonds. The third-order valence-corrected chi connectivity index (χ3v) is 2.11. The lowest BCUT2D eigenvalue weighted by atomic mass is 10.3. The van der Waals surface area contributed by atoms with E-state index in [0.717, 1.165) is 11.4 Å². The van der Waals surface area contributed by atoms with Crippen LogP contribution in [0.3, 0.4) is 0 Å². The van der Waals surface area contributed by atoms with Crippen molar-refractivity contribution < 1.29 is 9.53 Å². The summed E-state index contributed by atoms with van der Waals surface area (Å²) in [6, 6.07) is 13.3. The van der Waals surface area contributed by atoms with Gasteiger partial charge in [0.1, 0.15) is 5.75 Å². The quantitative estimate of drug-likeness (QED) is 0.261. The maximum atomic E-state index is 9.81. The highest BCUT2D eigenvalue weighted by atomic mass is 35.6. The molecule has 0 aromatic heterocycles. The van der Waals surface area contributed by atoms with Crippen LogP contribution in [-0.4, -0.2) is 10.4 Å². The van der Waals surface area contributed by atoms with Gasteiger partial charge >= 0.3 is 0 Å². The van der Waals surface area contributed by atoms with Crippen LogP contribution >= 0.6 is 34.8 Å². The van der Waals surface area contributed by atoms with E-state index in [-0.39, 0.29) is 0 Å². The number of alkyl halides is 3. The van der Waals surface area contributed by atoms with E-state index in [0.29, 0.717) is 11.4 Å². The predicted molar refractivity (Wildman–Crippen MR) is 97.1 cm³/mol. The highest BCUT2D eigenvalue weighted by Gasteiger charge is 1.92. The van der Waals surface area contributed by atoms with E-state index in [4.69, 9.17) is 51.5 Å². The molecular formula is C15H13Cl3N4O2. The molecule has 0 aliphatic carbocycles. The molecule has 0 atom stereocenters. The average molecular weight is 388 g/mol. The zero-order chi connectivity index (χ0) is 18.4. The minimum absolute atomic E-state index is 0.419. The van der Waals surface area contributed by atoms with Gasteiger partial charge in [0.25, 0.3) is 6.26 Å². The summed E-state index contributed by atoms with van der Waals surface area (Å²) in [5, 5.41) is 8.13. The number of ether oxygens (including phenoxy) is 1. The summed E-state index contributed by atoms with van der Waals surface area (Å²) >= 11 is 14.4. The minimum Gasteiger partial charge on any atom is -0.399 e. The number of nitrogen functional groups attached to an aromatic ring is 2. The van der Waals surface area contributed by atoms with Crippen molar-refractivity contribution in [2.45, 2.75) is 4.30 Å². The Bertz CT molecular complexity index is 656. The second-order valence-corrected chi connectivity index (χ2v) is 5.78. The lowest BCUT2D eigenvalue weighted by Gasteiger charge is -1.93. The molecule has 24 heavy (non-hydrogen) atoms. The van der Waals surface area contributed by atoms with E-state index in [9.17, 15) is 4.79 Å². The molecule has 0 saturated carbocycles. The molecule has 126 valence electrons. The van der Waals surface area contributed by atoms with E-state index in [1.165, 1.54) is 12.3 Å². The zero-order valence-electron chi connectivity index (χ0n) is 12.2. The fraction of sp³-hybridized carbons (Fsp3) is 0.0667. The summed E-state index contributed by atoms with van der Waals surface area (Å²) in [6.07, 6.45) is 2.93. The van der Waals surface area contributed by atoms with Crippen LogP contribution in [0.2, 0.25) is 0 Å². The van der Waals surface area contributed by atoms with Gasteiger partial charge in [-0.3, -0.25) is 0 Å². The van der Waals surface area contributed by atoms with Crippen LogP contribution in [0.1, 0.15) is 0 Å². The van der Waals surface area contributed by atoms with Crippen LogP contribution in [0, 0.1) is 11.5 Å². The number of halogens is 3. The van der Waals surface area contributed by atoms with Crippen molar-refractivity contribution >= 4 is 57.9 Å². The van der Waals surface area contributed by atoms with Crippen LogP contribution in [0.4, 0.5) is 17.1 Å². The normalized spacial score (nSPS) is 8.46. The van der Waals surface area contributed by atoms with E-state index in [1.807, 2.05) is 0 Å². The molecule has 2 aromatic carbocycles. The maximum absolute atomic E-state index is 9.81. The molecule has 2 aromatic rings. The molecule has 2 rings (SSSR count). The van der Waals surface area contributed by atoms with E-state index >= 15 is 0 Å². The van der Waals surface area contributed by atoms with Crippen molar-refractivity contribution in [3.63, 3.8) is 0 Å². The van der Waals surface area contributed by atoms with E-state index in [2.05, 4.69) is 9.73 Å². The second-order valence-electron chi connectivity index (χ2n) is 3.80. The summed E-state index contributed by atoms with van der Waals surface area (Å²) in [5.41, 5.74) is 12.7. The molecule has 0 heterocycles. The number of isocyanates is 1. The number of anilines is 2. The number of aliphatic imine (C=N–C) groups is 1. The zero-order valence-corrected chi connectivity index (χ0v) is 14.5. The molecule has 0 saturated heterocycles. The highest BCUT2D eigenvalue weighted by molar-refractivity contribution is 6.63. The third kappa shape index (κ3) is 12.2. The van der Waals surface area contributed by atoms with Gasteiger partial charge in [-0.25, -0.2) is 4.79 Å². The molecule has 0 aliphatic rings. The molecule has 0 radical (unpaired) electrons. The topological polar surface area (TPSA) is 114 Å². The van der Waals surface area contributed by atoms with E-state index in [1.54, 1.807) is 48.5 Å². The van der Waals surface area contributed by atoms with E-state index < -0.39 is 4.30 Å². The van der Waals surface area contributed by atoms with Gasteiger partial charge in [-0.15, -0.1) is 5.26 Å². The first-order valence-corrected chi connectivity index (χ1v) is 7.47. The second kappa shape index (κ2) is 13.1. The number of hydrogen-bond donors (Lipinski definition) is 2. The van der Waals surface area contributed by atoms with Crippen LogP contribution < -0.4 is 16.2 Å². The smallest absolute Gasteiger partial charge is 0.292 e. The molecule has 0 bridgehead atoms. The maximum Gasteiger partial charge on any atom is 0.292 e. The Labute approximate surface area is 154 Å². The van der Waals surface area contributed by atoms with Gasteiger partial charge in [0.2, 0.25) is 6.08 Å².